The molecular weight excluding hydrogens is 325 g/mol. The summed E-state index contributed by atoms with van der Waals surface area (Å²) in [4.78, 5) is 35.3. The van der Waals surface area contributed by atoms with Crippen molar-refractivity contribution in [2.45, 2.75) is 25.4 Å². The molecule has 0 fully saturated rings. The minimum atomic E-state index is -2.37. The number of fused-ring (bicyclic) bond motifs is 1. The minimum absolute atomic E-state index is 0.00403. The van der Waals surface area contributed by atoms with Crippen LogP contribution in [0.25, 0.3) is 0 Å². The van der Waals surface area contributed by atoms with Gasteiger partial charge in [-0.25, -0.2) is 14.0 Å². The van der Waals surface area contributed by atoms with Gasteiger partial charge in [0.05, 0.1) is 13.2 Å². The van der Waals surface area contributed by atoms with Crippen molar-refractivity contribution in [3.05, 3.63) is 39.7 Å². The van der Waals surface area contributed by atoms with E-state index in [9.17, 15) is 24.1 Å². The summed E-state index contributed by atoms with van der Waals surface area (Å²) in [5, 5.41) is 11.1. The number of carbonyl (C=O) groups excluding carboxylic acids is 2. The lowest BCUT2D eigenvalue weighted by Crippen LogP contribution is -2.56. The molecule has 0 spiro atoms. The molecule has 1 aliphatic rings. The van der Waals surface area contributed by atoms with Crippen LogP contribution in [0, 0.1) is 15.9 Å². The van der Waals surface area contributed by atoms with E-state index in [4.69, 9.17) is 14.2 Å². The highest BCUT2D eigenvalue weighted by molar-refractivity contribution is 6.06. The smallest absolute Gasteiger partial charge is 0.363 e. The van der Waals surface area contributed by atoms with Gasteiger partial charge in [0, 0.05) is 10.5 Å². The predicted octanol–water partition coefficient (Wildman–Crippen LogP) is 1.44. The molecule has 1 unspecified atom stereocenters. The zero-order valence-corrected chi connectivity index (χ0v) is 13.1. The number of esters is 2. The van der Waals surface area contributed by atoms with Gasteiger partial charge in [-0.05, 0) is 32.0 Å². The fraction of sp³-hybridized carbons (Fsp3) is 0.467. The van der Waals surface area contributed by atoms with E-state index in [2.05, 4.69) is 0 Å². The van der Waals surface area contributed by atoms with Crippen LogP contribution in [0.3, 0.4) is 0 Å². The van der Waals surface area contributed by atoms with Crippen LogP contribution in [0.1, 0.15) is 25.3 Å². The van der Waals surface area contributed by atoms with E-state index in [1.54, 1.807) is 0 Å². The molecular formula is C15H16FNO7. The standard InChI is InChI=1S/C15H16FNO7/c1-3-22-13(18)15(14(19)23-4-2)11(8-17(20)21)10-7-9(16)5-6-12(10)24-15/h5-7,11H,3-4,8H2,1-2H3. The number of carbonyl (C=O) groups is 2. The van der Waals surface area contributed by atoms with Crippen molar-refractivity contribution < 1.29 is 33.1 Å². The molecule has 0 amide bonds. The molecule has 0 saturated carbocycles. The fourth-order valence-corrected chi connectivity index (χ4v) is 2.65. The molecule has 1 atom stereocenters. The Morgan fingerprint density at radius 1 is 1.29 bits per heavy atom. The zero-order valence-electron chi connectivity index (χ0n) is 13.1. The molecule has 0 aromatic heterocycles. The van der Waals surface area contributed by atoms with Crippen LogP contribution in [0.5, 0.6) is 5.75 Å². The second-order valence-corrected chi connectivity index (χ2v) is 5.03. The second-order valence-electron chi connectivity index (χ2n) is 5.03. The van der Waals surface area contributed by atoms with Gasteiger partial charge in [0.1, 0.15) is 17.5 Å². The normalized spacial score (nSPS) is 17.5. The van der Waals surface area contributed by atoms with Crippen LogP contribution in [0.15, 0.2) is 18.2 Å². The van der Waals surface area contributed by atoms with Crippen LogP contribution in [-0.2, 0) is 19.1 Å². The van der Waals surface area contributed by atoms with Crippen molar-refractivity contribution >= 4 is 11.9 Å². The maximum absolute atomic E-state index is 13.6. The molecule has 0 bridgehead atoms. The summed E-state index contributed by atoms with van der Waals surface area (Å²) >= 11 is 0. The first-order chi connectivity index (χ1) is 11.4. The molecule has 1 aromatic carbocycles. The highest BCUT2D eigenvalue weighted by atomic mass is 19.1. The third kappa shape index (κ3) is 2.89. The predicted molar refractivity (Wildman–Crippen MR) is 77.6 cm³/mol. The lowest BCUT2D eigenvalue weighted by Gasteiger charge is -2.27. The van der Waals surface area contributed by atoms with Gasteiger partial charge in [-0.15, -0.1) is 0 Å². The number of halogens is 1. The summed E-state index contributed by atoms with van der Waals surface area (Å²) in [6.07, 6.45) is 0. The van der Waals surface area contributed by atoms with Gasteiger partial charge in [-0.2, -0.15) is 0 Å². The Labute approximate surface area is 136 Å². The van der Waals surface area contributed by atoms with Crippen molar-refractivity contribution in [1.82, 2.24) is 0 Å². The average molecular weight is 341 g/mol. The Morgan fingerprint density at radius 3 is 2.38 bits per heavy atom. The third-order valence-electron chi connectivity index (χ3n) is 3.60. The second kappa shape index (κ2) is 6.81. The van der Waals surface area contributed by atoms with E-state index in [0.717, 1.165) is 12.1 Å². The van der Waals surface area contributed by atoms with Gasteiger partial charge >= 0.3 is 17.5 Å². The quantitative estimate of drug-likeness (QED) is 0.334. The fourth-order valence-electron chi connectivity index (χ4n) is 2.65. The highest BCUT2D eigenvalue weighted by Gasteiger charge is 2.64. The number of hydrogen-bond donors (Lipinski definition) is 0. The van der Waals surface area contributed by atoms with Crippen LogP contribution in [0.4, 0.5) is 4.39 Å². The van der Waals surface area contributed by atoms with Gasteiger partial charge in [-0.3, -0.25) is 10.1 Å². The maximum atomic E-state index is 13.6. The summed E-state index contributed by atoms with van der Waals surface area (Å²) < 4.78 is 28.8. The van der Waals surface area contributed by atoms with Crippen LogP contribution >= 0.6 is 0 Å². The summed E-state index contributed by atoms with van der Waals surface area (Å²) in [5.41, 5.74) is -2.32. The maximum Gasteiger partial charge on any atom is 0.363 e. The Morgan fingerprint density at radius 2 is 1.88 bits per heavy atom. The summed E-state index contributed by atoms with van der Waals surface area (Å²) in [6.45, 7) is 2.06. The minimum Gasteiger partial charge on any atom is -0.463 e. The zero-order chi connectivity index (χ0) is 17.9. The highest BCUT2D eigenvalue weighted by Crippen LogP contribution is 2.46. The summed E-state index contributed by atoms with van der Waals surface area (Å²) in [5.74, 6) is -4.24. The number of rotatable bonds is 6. The van der Waals surface area contributed by atoms with Crippen LogP contribution in [-0.4, -0.2) is 42.2 Å². The number of hydrogen-bond acceptors (Lipinski definition) is 7. The van der Waals surface area contributed by atoms with E-state index >= 15 is 0 Å². The molecule has 2 rings (SSSR count). The van der Waals surface area contributed by atoms with Crippen LogP contribution < -0.4 is 4.74 Å². The Kier molecular flexibility index (Phi) is 5.01. The van der Waals surface area contributed by atoms with Crippen molar-refractivity contribution in [3.8, 4) is 5.75 Å². The van der Waals surface area contributed by atoms with Gasteiger partial charge < -0.3 is 14.2 Å². The lowest BCUT2D eigenvalue weighted by molar-refractivity contribution is -0.485. The topological polar surface area (TPSA) is 105 Å². The number of nitro groups is 1. The monoisotopic (exact) mass is 341 g/mol. The van der Waals surface area contributed by atoms with Gasteiger partial charge in [0.25, 0.3) is 0 Å². The van der Waals surface area contributed by atoms with E-state index in [-0.39, 0.29) is 24.5 Å². The Hall–Kier alpha value is -2.71. The van der Waals surface area contributed by atoms with E-state index in [1.165, 1.54) is 19.9 Å². The number of ether oxygens (including phenoxy) is 3. The van der Waals surface area contributed by atoms with Crippen molar-refractivity contribution in [3.63, 3.8) is 0 Å². The molecule has 130 valence electrons. The van der Waals surface area contributed by atoms with Crippen molar-refractivity contribution in [2.75, 3.05) is 19.8 Å². The first kappa shape index (κ1) is 17.6. The van der Waals surface area contributed by atoms with E-state index in [1.807, 2.05) is 0 Å². The van der Waals surface area contributed by atoms with Gasteiger partial charge in [0.2, 0.25) is 6.54 Å². The molecule has 8 nitrogen and oxygen atoms in total. The molecule has 0 N–H and O–H groups in total. The van der Waals surface area contributed by atoms with Crippen molar-refractivity contribution in [1.29, 1.82) is 0 Å². The van der Waals surface area contributed by atoms with Crippen molar-refractivity contribution in [2.24, 2.45) is 0 Å². The molecule has 1 heterocycles. The largest absolute Gasteiger partial charge is 0.463 e. The van der Waals surface area contributed by atoms with E-state index in [0.29, 0.717) is 0 Å². The number of benzene rings is 1. The molecule has 24 heavy (non-hydrogen) atoms. The first-order valence-electron chi connectivity index (χ1n) is 7.31. The van der Waals surface area contributed by atoms with Gasteiger partial charge in [0.15, 0.2) is 0 Å². The molecule has 0 radical (unpaired) electrons. The summed E-state index contributed by atoms with van der Waals surface area (Å²) in [7, 11) is 0. The Balaban J connectivity index is 2.61. The molecule has 1 aliphatic heterocycles. The Bertz CT molecular complexity index is 658. The average Bonchev–Trinajstić information content (AvgIpc) is 2.82. The van der Waals surface area contributed by atoms with Gasteiger partial charge in [-0.1, -0.05) is 0 Å². The SMILES string of the molecule is CCOC(=O)C1(C(=O)OCC)Oc2ccc(F)cc2C1C[N+](=O)[O-]. The molecule has 0 saturated heterocycles. The van der Waals surface area contributed by atoms with Crippen LogP contribution in [0.2, 0.25) is 0 Å². The van der Waals surface area contributed by atoms with E-state index < -0.39 is 40.7 Å². The number of nitrogens with zero attached hydrogens (tertiary/aromatic N) is 1. The third-order valence-corrected chi connectivity index (χ3v) is 3.60. The molecule has 0 aliphatic carbocycles. The first-order valence-corrected chi connectivity index (χ1v) is 7.31. The summed E-state index contributed by atoms with van der Waals surface area (Å²) in [6, 6.07) is 3.27. The molecule has 9 heteroatoms. The lowest BCUT2D eigenvalue weighted by atomic mass is 9.83. The molecule has 1 aromatic rings.